The first-order valence-corrected chi connectivity index (χ1v) is 8.80. The van der Waals surface area contributed by atoms with Crippen LogP contribution in [0.5, 0.6) is 0 Å². The van der Waals surface area contributed by atoms with E-state index >= 15 is 0 Å². The Morgan fingerprint density at radius 2 is 1.80 bits per heavy atom. The molecule has 0 radical (unpaired) electrons. The van der Waals surface area contributed by atoms with Crippen LogP contribution < -0.4 is 4.90 Å². The van der Waals surface area contributed by atoms with Crippen LogP contribution in [0.4, 0.5) is 17.2 Å². The molecule has 6 heteroatoms. The maximum atomic E-state index is 4.72. The van der Waals surface area contributed by atoms with Gasteiger partial charge in [-0.3, -0.25) is 4.40 Å². The Labute approximate surface area is 149 Å². The Balaban J connectivity index is 1.76. The van der Waals surface area contributed by atoms with Gasteiger partial charge in [0, 0.05) is 26.0 Å². The molecule has 0 amide bonds. The molecule has 0 unspecified atom stereocenters. The molecule has 5 nitrogen and oxygen atoms in total. The lowest BCUT2D eigenvalue weighted by Crippen LogP contribution is -2.07. The highest BCUT2D eigenvalue weighted by molar-refractivity contribution is 7.13. The summed E-state index contributed by atoms with van der Waals surface area (Å²) in [6.07, 6.45) is 1.96. The predicted molar refractivity (Wildman–Crippen MR) is 103 cm³/mol. The van der Waals surface area contributed by atoms with Crippen molar-refractivity contribution in [1.29, 1.82) is 0 Å². The van der Waals surface area contributed by atoms with E-state index in [0.29, 0.717) is 0 Å². The van der Waals surface area contributed by atoms with Gasteiger partial charge < -0.3 is 4.90 Å². The van der Waals surface area contributed by atoms with Gasteiger partial charge in [-0.1, -0.05) is 12.1 Å². The zero-order valence-electron chi connectivity index (χ0n) is 14.0. The van der Waals surface area contributed by atoms with Gasteiger partial charge in [-0.15, -0.1) is 21.6 Å². The number of benzene rings is 1. The summed E-state index contributed by atoms with van der Waals surface area (Å²) in [5.74, 6) is 0.745. The van der Waals surface area contributed by atoms with Crippen LogP contribution in [0, 0.1) is 0 Å². The lowest BCUT2D eigenvalue weighted by Gasteiger charge is -2.11. The van der Waals surface area contributed by atoms with Crippen LogP contribution in [0.25, 0.3) is 16.2 Å². The molecule has 0 atom stereocenters. The summed E-state index contributed by atoms with van der Waals surface area (Å²) < 4.78 is 1.97. The van der Waals surface area contributed by atoms with E-state index in [-0.39, 0.29) is 0 Å². The van der Waals surface area contributed by atoms with E-state index in [2.05, 4.69) is 21.2 Å². The van der Waals surface area contributed by atoms with Gasteiger partial charge in [0.05, 0.1) is 10.6 Å². The standard InChI is InChI=1S/C19H17N5S/c1-23(2)15-10-8-14(9-11-15)21-22-19-18(16-6-5-13-25-16)20-17-7-3-4-12-24(17)19/h3-13H,1-2H3. The number of rotatable bonds is 4. The summed E-state index contributed by atoms with van der Waals surface area (Å²) in [6, 6.07) is 18.0. The molecule has 0 aliphatic rings. The van der Waals surface area contributed by atoms with Gasteiger partial charge in [0.15, 0.2) is 5.82 Å². The van der Waals surface area contributed by atoms with Crippen LogP contribution in [0.1, 0.15) is 0 Å². The highest BCUT2D eigenvalue weighted by atomic mass is 32.1. The monoisotopic (exact) mass is 347 g/mol. The van der Waals surface area contributed by atoms with Crippen molar-refractivity contribution in [2.24, 2.45) is 10.2 Å². The maximum absolute atomic E-state index is 4.72. The molecule has 3 aromatic heterocycles. The molecule has 0 aliphatic carbocycles. The number of hydrogen-bond donors (Lipinski definition) is 0. The van der Waals surface area contributed by atoms with E-state index in [1.807, 2.05) is 78.6 Å². The van der Waals surface area contributed by atoms with E-state index in [0.717, 1.165) is 33.4 Å². The molecule has 0 N–H and O–H groups in total. The van der Waals surface area contributed by atoms with Gasteiger partial charge in [-0.25, -0.2) is 4.98 Å². The molecule has 4 rings (SSSR count). The second kappa shape index (κ2) is 6.49. The molecule has 0 bridgehead atoms. The average molecular weight is 347 g/mol. The van der Waals surface area contributed by atoms with E-state index in [9.17, 15) is 0 Å². The van der Waals surface area contributed by atoms with Gasteiger partial charge in [-0.05, 0) is 47.8 Å². The van der Waals surface area contributed by atoms with E-state index < -0.39 is 0 Å². The van der Waals surface area contributed by atoms with Crippen molar-refractivity contribution < 1.29 is 0 Å². The van der Waals surface area contributed by atoms with Gasteiger partial charge in [0.25, 0.3) is 0 Å². The number of thiophene rings is 1. The van der Waals surface area contributed by atoms with Crippen LogP contribution in [0.15, 0.2) is 76.4 Å². The maximum Gasteiger partial charge on any atom is 0.188 e. The van der Waals surface area contributed by atoms with Crippen molar-refractivity contribution in [2.75, 3.05) is 19.0 Å². The Morgan fingerprint density at radius 3 is 2.52 bits per heavy atom. The summed E-state index contributed by atoms with van der Waals surface area (Å²) in [4.78, 5) is 7.86. The average Bonchev–Trinajstić information content (AvgIpc) is 3.28. The molecule has 0 aliphatic heterocycles. The summed E-state index contributed by atoms with van der Waals surface area (Å²) in [7, 11) is 4.03. The van der Waals surface area contributed by atoms with Crippen molar-refractivity contribution in [3.63, 3.8) is 0 Å². The molecule has 0 spiro atoms. The Morgan fingerprint density at radius 1 is 0.960 bits per heavy atom. The van der Waals surface area contributed by atoms with Crippen LogP contribution >= 0.6 is 11.3 Å². The number of hydrogen-bond acceptors (Lipinski definition) is 5. The van der Waals surface area contributed by atoms with E-state index in [4.69, 9.17) is 4.98 Å². The van der Waals surface area contributed by atoms with Crippen LogP contribution in [-0.2, 0) is 0 Å². The molecule has 0 saturated heterocycles. The molecular formula is C19H17N5S. The molecule has 3 heterocycles. The molecule has 1 aromatic carbocycles. The van der Waals surface area contributed by atoms with Gasteiger partial charge >= 0.3 is 0 Å². The van der Waals surface area contributed by atoms with Gasteiger partial charge in [0.1, 0.15) is 11.3 Å². The molecule has 124 valence electrons. The first-order chi connectivity index (χ1) is 12.2. The number of pyridine rings is 1. The summed E-state index contributed by atoms with van der Waals surface area (Å²) in [6.45, 7) is 0. The second-order valence-corrected chi connectivity index (χ2v) is 6.75. The van der Waals surface area contributed by atoms with Crippen molar-refractivity contribution in [3.8, 4) is 10.6 Å². The lowest BCUT2D eigenvalue weighted by molar-refractivity contribution is 1.10. The molecular weight excluding hydrogens is 330 g/mol. The zero-order valence-corrected chi connectivity index (χ0v) is 14.8. The van der Waals surface area contributed by atoms with Gasteiger partial charge in [0.2, 0.25) is 0 Å². The Kier molecular flexibility index (Phi) is 4.03. The van der Waals surface area contributed by atoms with Crippen molar-refractivity contribution in [1.82, 2.24) is 9.38 Å². The molecule has 25 heavy (non-hydrogen) atoms. The predicted octanol–water partition coefficient (Wildman–Crippen LogP) is 5.54. The smallest absolute Gasteiger partial charge is 0.188 e. The number of imidazole rings is 1. The zero-order chi connectivity index (χ0) is 17.2. The summed E-state index contributed by atoms with van der Waals surface area (Å²) in [5, 5.41) is 11.0. The second-order valence-electron chi connectivity index (χ2n) is 5.80. The van der Waals surface area contributed by atoms with Crippen molar-refractivity contribution >= 4 is 34.2 Å². The SMILES string of the molecule is CN(C)c1ccc(N=Nc2c(-c3cccs3)nc3ccccn23)cc1. The third kappa shape index (κ3) is 3.04. The highest BCUT2D eigenvalue weighted by Gasteiger charge is 2.14. The number of nitrogens with zero attached hydrogens (tertiary/aromatic N) is 5. The minimum Gasteiger partial charge on any atom is -0.378 e. The molecule has 0 fully saturated rings. The van der Waals surface area contributed by atoms with Crippen LogP contribution in [0.3, 0.4) is 0 Å². The third-order valence-corrected chi connectivity index (χ3v) is 4.76. The van der Waals surface area contributed by atoms with Crippen molar-refractivity contribution in [3.05, 3.63) is 66.2 Å². The normalized spacial score (nSPS) is 11.4. The lowest BCUT2D eigenvalue weighted by atomic mass is 10.3. The molecule has 4 aromatic rings. The molecule has 0 saturated carbocycles. The van der Waals surface area contributed by atoms with E-state index in [1.54, 1.807) is 11.3 Å². The number of anilines is 1. The minimum absolute atomic E-state index is 0.745. The fourth-order valence-corrected chi connectivity index (χ4v) is 3.29. The Bertz CT molecular complexity index is 1010. The summed E-state index contributed by atoms with van der Waals surface area (Å²) in [5.41, 5.74) is 3.67. The van der Waals surface area contributed by atoms with Crippen molar-refractivity contribution in [2.45, 2.75) is 0 Å². The quantitative estimate of drug-likeness (QED) is 0.455. The first kappa shape index (κ1) is 15.5. The minimum atomic E-state index is 0.745. The highest BCUT2D eigenvalue weighted by Crippen LogP contribution is 2.34. The van der Waals surface area contributed by atoms with E-state index in [1.165, 1.54) is 0 Å². The van der Waals surface area contributed by atoms with Crippen LogP contribution in [-0.4, -0.2) is 23.5 Å². The number of azo groups is 1. The fraction of sp³-hybridized carbons (Fsp3) is 0.105. The van der Waals surface area contributed by atoms with Crippen LogP contribution in [0.2, 0.25) is 0 Å². The largest absolute Gasteiger partial charge is 0.378 e. The number of fused-ring (bicyclic) bond motifs is 1. The topological polar surface area (TPSA) is 45.3 Å². The third-order valence-electron chi connectivity index (χ3n) is 3.89. The number of aromatic nitrogens is 2. The van der Waals surface area contributed by atoms with Gasteiger partial charge in [-0.2, -0.15) is 0 Å². The fourth-order valence-electron chi connectivity index (χ4n) is 2.58. The summed E-state index contributed by atoms with van der Waals surface area (Å²) >= 11 is 1.65. The Hall–Kier alpha value is -2.99. The first-order valence-electron chi connectivity index (χ1n) is 7.92.